The molecule has 0 radical (unpaired) electrons. The maximum atomic E-state index is 12.3. The Morgan fingerprint density at radius 1 is 1.19 bits per heavy atom. The van der Waals surface area contributed by atoms with E-state index in [4.69, 9.17) is 23.2 Å². The number of carbonyl (C=O) groups excluding carboxylic acids is 1. The van der Waals surface area contributed by atoms with Gasteiger partial charge in [-0.3, -0.25) is 4.79 Å². The molecule has 0 aliphatic heterocycles. The van der Waals surface area contributed by atoms with Gasteiger partial charge in [0.2, 0.25) is 5.28 Å². The number of halogens is 4. The Bertz CT molecular complexity index is 669. The Morgan fingerprint density at radius 3 is 2.52 bits per heavy atom. The fourth-order valence-corrected chi connectivity index (χ4v) is 1.72. The minimum atomic E-state index is -3.12. The monoisotopic (exact) mass is 332 g/mol. The summed E-state index contributed by atoms with van der Waals surface area (Å²) in [4.78, 5) is 18.6. The van der Waals surface area contributed by atoms with Crippen molar-refractivity contribution in [1.82, 2.24) is 9.97 Å². The molecule has 0 saturated heterocycles. The molecule has 0 spiro atoms. The number of amides is 1. The zero-order valence-electron chi connectivity index (χ0n) is 10.3. The van der Waals surface area contributed by atoms with E-state index in [9.17, 15) is 13.6 Å². The summed E-state index contributed by atoms with van der Waals surface area (Å²) >= 11 is 11.6. The highest BCUT2D eigenvalue weighted by Crippen LogP contribution is 2.28. The number of nitrogens with one attached hydrogen (secondary N) is 2. The van der Waals surface area contributed by atoms with Crippen molar-refractivity contribution >= 4 is 46.3 Å². The third-order valence-corrected chi connectivity index (χ3v) is 2.81. The molecule has 0 aliphatic rings. The van der Waals surface area contributed by atoms with Gasteiger partial charge >= 0.3 is 6.43 Å². The number of aromatic nitrogens is 2. The second kappa shape index (κ2) is 6.64. The molecule has 9 heteroatoms. The van der Waals surface area contributed by atoms with Crippen molar-refractivity contribution in [3.05, 3.63) is 40.8 Å². The summed E-state index contributed by atoms with van der Waals surface area (Å²) in [6.07, 6.45) is -1.82. The second-order valence-corrected chi connectivity index (χ2v) is 4.54. The lowest BCUT2D eigenvalue weighted by molar-refractivity contribution is -0.126. The minimum absolute atomic E-state index is 0.0315. The first-order valence-electron chi connectivity index (χ1n) is 5.60. The summed E-state index contributed by atoms with van der Waals surface area (Å²) in [5, 5.41) is 5.05. The average Bonchev–Trinajstić information content (AvgIpc) is 2.44. The summed E-state index contributed by atoms with van der Waals surface area (Å²) in [5.41, 5.74) is 0.497. The zero-order chi connectivity index (χ0) is 15.4. The van der Waals surface area contributed by atoms with Gasteiger partial charge in [0.1, 0.15) is 5.02 Å². The largest absolute Gasteiger partial charge is 0.337 e. The molecule has 0 unspecified atom stereocenters. The molecule has 21 heavy (non-hydrogen) atoms. The molecule has 2 aromatic rings. The molecule has 5 nitrogen and oxygen atoms in total. The van der Waals surface area contributed by atoms with Crippen molar-refractivity contribution in [1.29, 1.82) is 0 Å². The molecule has 0 saturated carbocycles. The van der Waals surface area contributed by atoms with Gasteiger partial charge in [-0.2, -0.15) is 13.8 Å². The maximum absolute atomic E-state index is 12.3. The van der Waals surface area contributed by atoms with E-state index in [1.807, 2.05) is 0 Å². The number of para-hydroxylation sites is 2. The Balaban J connectivity index is 2.28. The van der Waals surface area contributed by atoms with Crippen molar-refractivity contribution in [2.75, 3.05) is 10.6 Å². The summed E-state index contributed by atoms with van der Waals surface area (Å²) in [5.74, 6) is -1.22. The van der Waals surface area contributed by atoms with Crippen molar-refractivity contribution in [2.24, 2.45) is 0 Å². The van der Waals surface area contributed by atoms with Crippen LogP contribution in [0.25, 0.3) is 0 Å². The van der Waals surface area contributed by atoms with E-state index >= 15 is 0 Å². The topological polar surface area (TPSA) is 66.9 Å². The zero-order valence-corrected chi connectivity index (χ0v) is 11.8. The van der Waals surface area contributed by atoms with E-state index in [1.54, 1.807) is 18.2 Å². The van der Waals surface area contributed by atoms with Crippen LogP contribution in [0, 0.1) is 0 Å². The molecule has 1 aromatic heterocycles. The summed E-state index contributed by atoms with van der Waals surface area (Å²) in [6, 6.07) is 6.25. The lowest BCUT2D eigenvalue weighted by Crippen LogP contribution is -2.20. The average molecular weight is 333 g/mol. The molecule has 0 aliphatic carbocycles. The van der Waals surface area contributed by atoms with Gasteiger partial charge in [-0.25, -0.2) is 4.98 Å². The Hall–Kier alpha value is -1.99. The van der Waals surface area contributed by atoms with Crippen molar-refractivity contribution in [2.45, 2.75) is 6.43 Å². The number of alkyl halides is 2. The fourth-order valence-electron chi connectivity index (χ4n) is 1.45. The van der Waals surface area contributed by atoms with Crippen molar-refractivity contribution in [3.8, 4) is 0 Å². The summed E-state index contributed by atoms with van der Waals surface area (Å²) in [7, 11) is 0. The Morgan fingerprint density at radius 2 is 1.86 bits per heavy atom. The number of anilines is 3. The minimum Gasteiger partial charge on any atom is -0.337 e. The van der Waals surface area contributed by atoms with Crippen LogP contribution in [0.5, 0.6) is 0 Å². The molecule has 1 aromatic carbocycles. The molecule has 2 rings (SSSR count). The van der Waals surface area contributed by atoms with Gasteiger partial charge in [-0.15, -0.1) is 0 Å². The van der Waals surface area contributed by atoms with Gasteiger partial charge in [0.25, 0.3) is 5.91 Å². The Kier molecular flexibility index (Phi) is 4.87. The maximum Gasteiger partial charge on any atom is 0.315 e. The van der Waals surface area contributed by atoms with Gasteiger partial charge in [0.15, 0.2) is 5.82 Å². The van der Waals surface area contributed by atoms with Gasteiger partial charge < -0.3 is 10.6 Å². The smallest absolute Gasteiger partial charge is 0.315 e. The predicted octanol–water partition coefficient (Wildman–Crippen LogP) is 3.73. The lowest BCUT2D eigenvalue weighted by atomic mass is 10.2. The van der Waals surface area contributed by atoms with E-state index in [-0.39, 0.29) is 21.8 Å². The SMILES string of the molecule is O=C(Nc1ccccc1Nc1nc(Cl)ncc1Cl)C(F)F. The van der Waals surface area contributed by atoms with Crippen LogP contribution in [-0.4, -0.2) is 22.3 Å². The quantitative estimate of drug-likeness (QED) is 0.837. The van der Waals surface area contributed by atoms with Crippen LogP contribution in [0.1, 0.15) is 0 Å². The standard InChI is InChI=1S/C12H8Cl2F2N4O/c13-6-5-17-12(14)20-10(6)18-7-3-1-2-4-8(7)19-11(21)9(15)16/h1-5,9H,(H,19,21)(H,17,18,20). The number of rotatable bonds is 4. The van der Waals surface area contributed by atoms with Gasteiger partial charge in [0.05, 0.1) is 17.6 Å². The third kappa shape index (κ3) is 3.99. The number of nitrogens with zero attached hydrogens (tertiary/aromatic N) is 2. The molecular weight excluding hydrogens is 325 g/mol. The molecule has 2 N–H and O–H groups in total. The van der Waals surface area contributed by atoms with E-state index < -0.39 is 12.3 Å². The fraction of sp³-hybridized carbons (Fsp3) is 0.0833. The van der Waals surface area contributed by atoms with Gasteiger partial charge in [-0.05, 0) is 23.7 Å². The molecule has 1 heterocycles. The first kappa shape index (κ1) is 15.4. The second-order valence-electron chi connectivity index (χ2n) is 3.80. The van der Waals surface area contributed by atoms with E-state index in [0.29, 0.717) is 5.69 Å². The summed E-state index contributed by atoms with van der Waals surface area (Å²) in [6.45, 7) is 0. The highest BCUT2D eigenvalue weighted by molar-refractivity contribution is 6.33. The van der Waals surface area contributed by atoms with E-state index in [1.165, 1.54) is 12.3 Å². The van der Waals surface area contributed by atoms with Crippen LogP contribution < -0.4 is 10.6 Å². The van der Waals surface area contributed by atoms with Crippen molar-refractivity contribution < 1.29 is 13.6 Å². The first-order valence-corrected chi connectivity index (χ1v) is 6.36. The third-order valence-electron chi connectivity index (χ3n) is 2.35. The van der Waals surface area contributed by atoms with Crippen LogP contribution in [0.2, 0.25) is 10.3 Å². The molecule has 110 valence electrons. The molecule has 0 atom stereocenters. The molecule has 1 amide bonds. The van der Waals surface area contributed by atoms with Crippen LogP contribution in [0.3, 0.4) is 0 Å². The van der Waals surface area contributed by atoms with Crippen LogP contribution in [0.4, 0.5) is 26.0 Å². The van der Waals surface area contributed by atoms with Gasteiger partial charge in [-0.1, -0.05) is 23.7 Å². The van der Waals surface area contributed by atoms with E-state index in [2.05, 4.69) is 20.6 Å². The van der Waals surface area contributed by atoms with E-state index in [0.717, 1.165) is 0 Å². The van der Waals surface area contributed by atoms with Crippen molar-refractivity contribution in [3.63, 3.8) is 0 Å². The van der Waals surface area contributed by atoms with Crippen LogP contribution in [-0.2, 0) is 4.79 Å². The number of carbonyl (C=O) groups is 1. The predicted molar refractivity (Wildman–Crippen MR) is 76.4 cm³/mol. The molecule has 0 fully saturated rings. The Labute approximate surface area is 128 Å². The number of hydrogen-bond acceptors (Lipinski definition) is 4. The highest BCUT2D eigenvalue weighted by Gasteiger charge is 2.17. The van der Waals surface area contributed by atoms with Crippen LogP contribution in [0.15, 0.2) is 30.5 Å². The molecule has 0 bridgehead atoms. The van der Waals surface area contributed by atoms with Crippen LogP contribution >= 0.6 is 23.2 Å². The lowest BCUT2D eigenvalue weighted by Gasteiger charge is -2.13. The summed E-state index contributed by atoms with van der Waals surface area (Å²) < 4.78 is 24.6. The molecular formula is C12H8Cl2F2N4O. The number of hydrogen-bond donors (Lipinski definition) is 2. The number of benzene rings is 1. The normalized spacial score (nSPS) is 10.5. The van der Waals surface area contributed by atoms with Gasteiger partial charge in [0, 0.05) is 0 Å². The highest BCUT2D eigenvalue weighted by atomic mass is 35.5. The first-order chi connectivity index (χ1) is 9.97.